The number of thiocarbonyl (C=S) groups is 1. The number of isothiocyanates is 1. The fourth-order valence-corrected chi connectivity index (χ4v) is 3.47. The fraction of sp³-hybridized carbons (Fsp3) is 0.381. The van der Waals surface area contributed by atoms with Crippen molar-refractivity contribution in [3.63, 3.8) is 0 Å². The van der Waals surface area contributed by atoms with E-state index < -0.39 is 0 Å². The first kappa shape index (κ1) is 17.5. The standard InChI is InChI=1S/C21H21N3S/c1-2-16-3-8-18(9-4-16)19-10-5-17(6-11-19)7-12-21-22-13-20(14-23-21)24-15-25/h5-6,10-11,13-14,16,18H,2-4,8-9H2,1H3. The minimum atomic E-state index is 0.477. The van der Waals surface area contributed by atoms with Gasteiger partial charge in [-0.1, -0.05) is 31.4 Å². The molecule has 0 spiro atoms. The summed E-state index contributed by atoms with van der Waals surface area (Å²) in [5, 5.41) is 2.29. The van der Waals surface area contributed by atoms with E-state index in [2.05, 4.69) is 75.4 Å². The number of hydrogen-bond donors (Lipinski definition) is 0. The molecule has 1 aliphatic rings. The topological polar surface area (TPSA) is 38.1 Å². The van der Waals surface area contributed by atoms with Crippen LogP contribution in [0.25, 0.3) is 0 Å². The lowest BCUT2D eigenvalue weighted by Crippen LogP contribution is -2.12. The highest BCUT2D eigenvalue weighted by molar-refractivity contribution is 7.78. The fourth-order valence-electron chi connectivity index (χ4n) is 3.37. The molecule has 0 amide bonds. The molecule has 2 aromatic rings. The quantitative estimate of drug-likeness (QED) is 0.430. The molecule has 1 aromatic carbocycles. The molecule has 1 heterocycles. The van der Waals surface area contributed by atoms with Gasteiger partial charge in [0, 0.05) is 5.56 Å². The summed E-state index contributed by atoms with van der Waals surface area (Å²) in [4.78, 5) is 12.1. The summed E-state index contributed by atoms with van der Waals surface area (Å²) in [6, 6.07) is 8.64. The van der Waals surface area contributed by atoms with E-state index in [1.165, 1.54) is 37.7 Å². The first-order valence-electron chi connectivity index (χ1n) is 8.80. The van der Waals surface area contributed by atoms with Crippen molar-refractivity contribution in [3.8, 4) is 11.8 Å². The van der Waals surface area contributed by atoms with Crippen molar-refractivity contribution in [2.24, 2.45) is 10.9 Å². The van der Waals surface area contributed by atoms with E-state index >= 15 is 0 Å². The Kier molecular flexibility index (Phi) is 6.06. The minimum absolute atomic E-state index is 0.477. The van der Waals surface area contributed by atoms with Gasteiger partial charge in [-0.25, -0.2) is 9.97 Å². The van der Waals surface area contributed by atoms with Crippen molar-refractivity contribution in [1.29, 1.82) is 0 Å². The smallest absolute Gasteiger partial charge is 0.205 e. The van der Waals surface area contributed by atoms with Gasteiger partial charge in [-0.3, -0.25) is 0 Å². The lowest BCUT2D eigenvalue weighted by atomic mass is 9.78. The molecule has 4 heteroatoms. The minimum Gasteiger partial charge on any atom is -0.227 e. The largest absolute Gasteiger partial charge is 0.227 e. The summed E-state index contributed by atoms with van der Waals surface area (Å²) in [6.07, 6.45) is 9.86. The number of aromatic nitrogens is 2. The van der Waals surface area contributed by atoms with Crippen LogP contribution in [0.1, 0.15) is 61.9 Å². The van der Waals surface area contributed by atoms with Crippen LogP contribution in [0, 0.1) is 17.8 Å². The molecule has 1 aromatic heterocycles. The third-order valence-corrected chi connectivity index (χ3v) is 5.03. The molecule has 0 N–H and O–H groups in total. The van der Waals surface area contributed by atoms with Crippen LogP contribution in [0.5, 0.6) is 0 Å². The lowest BCUT2D eigenvalue weighted by Gasteiger charge is -2.28. The van der Waals surface area contributed by atoms with Crippen molar-refractivity contribution in [2.45, 2.75) is 44.9 Å². The maximum absolute atomic E-state index is 4.55. The van der Waals surface area contributed by atoms with Crippen molar-refractivity contribution >= 4 is 23.1 Å². The molecule has 1 aliphatic carbocycles. The summed E-state index contributed by atoms with van der Waals surface area (Å²) in [7, 11) is 0. The Hall–Kier alpha value is -2.34. The summed E-state index contributed by atoms with van der Waals surface area (Å²) in [5.41, 5.74) is 3.01. The molecule has 0 aliphatic heterocycles. The van der Waals surface area contributed by atoms with E-state index in [0.717, 1.165) is 11.5 Å². The first-order chi connectivity index (χ1) is 12.3. The number of benzene rings is 1. The van der Waals surface area contributed by atoms with Gasteiger partial charge in [0.1, 0.15) is 5.69 Å². The number of hydrogen-bond acceptors (Lipinski definition) is 4. The highest BCUT2D eigenvalue weighted by Crippen LogP contribution is 2.36. The number of rotatable bonds is 3. The number of aliphatic imine (C=N–C) groups is 1. The molecular weight excluding hydrogens is 326 g/mol. The average molecular weight is 347 g/mol. The SMILES string of the molecule is CCC1CCC(c2ccc(C#Cc3ncc(N=C=S)cn3)cc2)CC1. The molecule has 0 radical (unpaired) electrons. The molecular formula is C21H21N3S. The maximum atomic E-state index is 4.55. The molecule has 0 unspecified atom stereocenters. The molecule has 0 bridgehead atoms. The Morgan fingerprint density at radius 1 is 1.04 bits per heavy atom. The number of nitrogens with zero attached hydrogens (tertiary/aromatic N) is 3. The Balaban J connectivity index is 1.64. The van der Waals surface area contributed by atoms with Crippen molar-refractivity contribution < 1.29 is 0 Å². The van der Waals surface area contributed by atoms with E-state index in [9.17, 15) is 0 Å². The van der Waals surface area contributed by atoms with E-state index in [-0.39, 0.29) is 0 Å². The molecule has 3 nitrogen and oxygen atoms in total. The highest BCUT2D eigenvalue weighted by atomic mass is 32.1. The zero-order valence-corrected chi connectivity index (χ0v) is 15.2. The van der Waals surface area contributed by atoms with Crippen LogP contribution in [-0.2, 0) is 0 Å². The van der Waals surface area contributed by atoms with Gasteiger partial charge in [0.15, 0.2) is 0 Å². The van der Waals surface area contributed by atoms with Crippen LogP contribution >= 0.6 is 12.2 Å². The predicted octanol–water partition coefficient (Wildman–Crippen LogP) is 5.29. The normalized spacial score (nSPS) is 19.4. The summed E-state index contributed by atoms with van der Waals surface area (Å²) >= 11 is 4.55. The zero-order chi connectivity index (χ0) is 17.5. The third-order valence-electron chi connectivity index (χ3n) is 4.94. The molecule has 0 saturated heterocycles. The third kappa shape index (κ3) is 4.82. The van der Waals surface area contributed by atoms with Gasteiger partial charge in [0.05, 0.1) is 17.6 Å². The predicted molar refractivity (Wildman–Crippen MR) is 104 cm³/mol. The summed E-state index contributed by atoms with van der Waals surface area (Å²) in [6.45, 7) is 2.31. The summed E-state index contributed by atoms with van der Waals surface area (Å²) < 4.78 is 0. The average Bonchev–Trinajstić information content (AvgIpc) is 2.68. The van der Waals surface area contributed by atoms with Gasteiger partial charge in [0.25, 0.3) is 0 Å². The Morgan fingerprint density at radius 3 is 2.32 bits per heavy atom. The molecule has 126 valence electrons. The van der Waals surface area contributed by atoms with E-state index in [0.29, 0.717) is 17.4 Å². The van der Waals surface area contributed by atoms with E-state index in [1.807, 2.05) is 0 Å². The van der Waals surface area contributed by atoms with Gasteiger partial charge in [-0.05, 0) is 73.4 Å². The second kappa shape index (κ2) is 8.67. The lowest BCUT2D eigenvalue weighted by molar-refractivity contribution is 0.319. The van der Waals surface area contributed by atoms with Crippen molar-refractivity contribution in [1.82, 2.24) is 9.97 Å². The Morgan fingerprint density at radius 2 is 1.72 bits per heavy atom. The van der Waals surface area contributed by atoms with Gasteiger partial charge >= 0.3 is 0 Å². The van der Waals surface area contributed by atoms with Crippen LogP contribution < -0.4 is 0 Å². The Bertz CT molecular complexity index is 801. The zero-order valence-electron chi connectivity index (χ0n) is 14.4. The van der Waals surface area contributed by atoms with Crippen molar-refractivity contribution in [2.75, 3.05) is 0 Å². The van der Waals surface area contributed by atoms with Crippen LogP contribution in [0.15, 0.2) is 41.7 Å². The Labute approximate surface area is 154 Å². The van der Waals surface area contributed by atoms with Crippen LogP contribution in [-0.4, -0.2) is 15.1 Å². The van der Waals surface area contributed by atoms with Crippen LogP contribution in [0.3, 0.4) is 0 Å². The molecule has 0 atom stereocenters. The van der Waals surface area contributed by atoms with Crippen molar-refractivity contribution in [3.05, 3.63) is 53.6 Å². The summed E-state index contributed by atoms with van der Waals surface area (Å²) in [5.74, 6) is 8.22. The molecule has 25 heavy (non-hydrogen) atoms. The van der Waals surface area contributed by atoms with E-state index in [4.69, 9.17) is 0 Å². The first-order valence-corrected chi connectivity index (χ1v) is 9.21. The van der Waals surface area contributed by atoms with Gasteiger partial charge < -0.3 is 0 Å². The van der Waals surface area contributed by atoms with Gasteiger partial charge in [-0.15, -0.1) is 0 Å². The molecule has 3 rings (SSSR count). The van der Waals surface area contributed by atoms with Gasteiger partial charge in [0.2, 0.25) is 5.82 Å². The van der Waals surface area contributed by atoms with Crippen LogP contribution in [0.4, 0.5) is 5.69 Å². The highest BCUT2D eigenvalue weighted by Gasteiger charge is 2.20. The molecule has 1 fully saturated rings. The second-order valence-corrected chi connectivity index (χ2v) is 6.65. The molecule has 1 saturated carbocycles. The second-order valence-electron chi connectivity index (χ2n) is 6.47. The monoisotopic (exact) mass is 347 g/mol. The maximum Gasteiger partial charge on any atom is 0.205 e. The van der Waals surface area contributed by atoms with E-state index in [1.54, 1.807) is 12.4 Å². The van der Waals surface area contributed by atoms with Gasteiger partial charge in [-0.2, -0.15) is 4.99 Å². The van der Waals surface area contributed by atoms with Crippen LogP contribution in [0.2, 0.25) is 0 Å².